The number of methoxy groups -OCH3 is 2. The fraction of sp³-hybridized carbons (Fsp3) is 0.912. The number of allylic oxidation sites excluding steroid dienone is 3. The van der Waals surface area contributed by atoms with Gasteiger partial charge in [-0.1, -0.05) is 217 Å². The molecule has 10 aliphatic carbocycles. The summed E-state index contributed by atoms with van der Waals surface area (Å²) in [6, 6.07) is 0. The zero-order valence-corrected chi connectivity index (χ0v) is 89.9. The highest BCUT2D eigenvalue weighted by atomic mass is 16.8. The first kappa shape index (κ1) is 107. The molecule has 136 heavy (non-hydrogen) atoms. The fourth-order valence-electron chi connectivity index (χ4n) is 33.9. The summed E-state index contributed by atoms with van der Waals surface area (Å²) >= 11 is 0. The highest BCUT2D eigenvalue weighted by Gasteiger charge is 2.76. The average Bonchev–Trinajstić information content (AvgIpc) is 0.674. The van der Waals surface area contributed by atoms with E-state index < -0.39 is 120 Å². The van der Waals surface area contributed by atoms with E-state index in [9.17, 15) is 33.9 Å². The minimum atomic E-state index is -1.02. The average molecular weight is 1900 g/mol. The zero-order chi connectivity index (χ0) is 99.5. The SMILES string of the molecule is CCC1O[C@@H](OC2[C@H](O[C@H]3CCC4(C)C5CC=C6C7CC(C)(C)CC[C@]7(C(=O)O)C(OC)C[C@@]6(C)[C@@]5(C)CC[C@H]4[C@@]3(C)C=O)OC(C(C)=O)[C@@H](C)[C@@H]2O[C@@H]2OC[C@@H](C)[C@H](C)C2C)C(C)[C@@H](C)[C@H]1C.CCC1O[C@@H](OC2[C@H](O[C@H]3CCC4(C)C5CC=C6C7CC(C)(C)CC[C@]7(N=C=O)C(OC)C[C@@]6(C)[C@@]5(C)CC[C@H]4[C@@]3(C)C=O)OC(C(C)=O)[C@@H](C)[C@@H]2O[C@@H]2OC[C@@H](C)[C@H](C)C2C)C(C)[C@@H](C)[C@H]1C. The van der Waals surface area contributed by atoms with Crippen LogP contribution in [-0.4, -0.2) is 185 Å². The molecule has 0 radical (unpaired) electrons. The number of carboxylic acids is 1. The number of ketones is 2. The van der Waals surface area contributed by atoms with Crippen molar-refractivity contribution in [3.05, 3.63) is 23.3 Å². The Labute approximate surface area is 818 Å². The lowest BCUT2D eigenvalue weighted by molar-refractivity contribution is -0.374. The van der Waals surface area contributed by atoms with Gasteiger partial charge >= 0.3 is 5.97 Å². The molecule has 48 atom stereocenters. The Hall–Kier alpha value is -3.55. The van der Waals surface area contributed by atoms with Gasteiger partial charge in [-0.15, -0.1) is 0 Å². The number of isocyanates is 1. The van der Waals surface area contributed by atoms with Gasteiger partial charge < -0.3 is 81.0 Å². The molecular formula is C114H183NO21. The first-order valence-corrected chi connectivity index (χ1v) is 54.2. The van der Waals surface area contributed by atoms with E-state index in [4.69, 9.17) is 71.3 Å². The number of hydrogen-bond donors (Lipinski definition) is 1. The summed E-state index contributed by atoms with van der Waals surface area (Å²) in [5.41, 5.74) is -1.46. The number of carbonyl (C=O) groups excluding carboxylic acids is 5. The maximum atomic E-state index is 14.1. The van der Waals surface area contributed by atoms with Crippen LogP contribution in [0.3, 0.4) is 0 Å². The fourth-order valence-corrected chi connectivity index (χ4v) is 33.9. The Morgan fingerprint density at radius 1 is 0.419 bits per heavy atom. The third-order valence-corrected chi connectivity index (χ3v) is 44.7. The smallest absolute Gasteiger partial charge is 0.312 e. The van der Waals surface area contributed by atoms with Crippen LogP contribution in [0.4, 0.5) is 0 Å². The first-order chi connectivity index (χ1) is 63.7. The summed E-state index contributed by atoms with van der Waals surface area (Å²) < 4.78 is 96.5. The molecule has 6 aliphatic heterocycles. The lowest BCUT2D eigenvalue weighted by Crippen LogP contribution is -2.68. The molecule has 0 aromatic heterocycles. The topological polar surface area (TPSA) is 264 Å². The molecule has 16 aliphatic rings. The van der Waals surface area contributed by atoms with Crippen LogP contribution in [0, 0.1) is 178 Å². The highest BCUT2D eigenvalue weighted by molar-refractivity contribution is 5.81. The van der Waals surface area contributed by atoms with Gasteiger partial charge in [-0.3, -0.25) is 14.4 Å². The van der Waals surface area contributed by atoms with E-state index in [0.717, 1.165) is 103 Å². The first-order valence-electron chi connectivity index (χ1n) is 54.2. The van der Waals surface area contributed by atoms with Gasteiger partial charge in [0.15, 0.2) is 49.3 Å². The molecule has 14 fully saturated rings. The van der Waals surface area contributed by atoms with Crippen molar-refractivity contribution in [2.24, 2.45) is 183 Å². The van der Waals surface area contributed by atoms with Crippen molar-refractivity contribution >= 4 is 36.2 Å². The van der Waals surface area contributed by atoms with Crippen LogP contribution < -0.4 is 0 Å². The van der Waals surface area contributed by atoms with E-state index in [2.05, 4.69) is 192 Å². The van der Waals surface area contributed by atoms with E-state index in [-0.39, 0.29) is 138 Å². The molecular weight excluding hydrogens is 1720 g/mol. The lowest BCUT2D eigenvalue weighted by Gasteiger charge is -2.71. The molecule has 0 spiro atoms. The summed E-state index contributed by atoms with van der Waals surface area (Å²) in [5, 5.41) is 11.1. The van der Waals surface area contributed by atoms with Gasteiger partial charge in [-0.05, 0) is 263 Å². The number of hydrogen-bond acceptors (Lipinski definition) is 21. The number of rotatable bonds is 22. The van der Waals surface area contributed by atoms with Crippen molar-refractivity contribution in [3.63, 3.8) is 0 Å². The minimum Gasteiger partial charge on any atom is -0.481 e. The van der Waals surface area contributed by atoms with Crippen molar-refractivity contribution in [2.45, 2.75) is 453 Å². The minimum absolute atomic E-state index is 0.00302. The molecule has 0 aromatic rings. The number of carbonyl (C=O) groups is 5. The Morgan fingerprint density at radius 3 is 1.18 bits per heavy atom. The second kappa shape index (κ2) is 39.0. The van der Waals surface area contributed by atoms with E-state index in [1.165, 1.54) is 23.7 Å². The molecule has 6 saturated heterocycles. The Morgan fingerprint density at radius 2 is 0.801 bits per heavy atom. The highest BCUT2D eigenvalue weighted by Crippen LogP contribution is 2.79. The van der Waals surface area contributed by atoms with Gasteiger partial charge in [-0.2, -0.15) is 4.99 Å². The summed E-state index contributed by atoms with van der Waals surface area (Å²) in [5.74, 6) is 2.12. The van der Waals surface area contributed by atoms with Crippen molar-refractivity contribution < 1.29 is 100 Å². The zero-order valence-electron chi connectivity index (χ0n) is 89.9. The number of aliphatic imine (C=N–C) groups is 1. The molecule has 1 N–H and O–H groups in total. The molecule has 22 nitrogen and oxygen atoms in total. The van der Waals surface area contributed by atoms with Crippen LogP contribution in [0.5, 0.6) is 0 Å². The third-order valence-electron chi connectivity index (χ3n) is 44.7. The van der Waals surface area contributed by atoms with Gasteiger partial charge in [-0.25, -0.2) is 4.79 Å². The Balaban J connectivity index is 0.000000207. The molecule has 0 amide bonds. The molecule has 16 rings (SSSR count). The van der Waals surface area contributed by atoms with E-state index >= 15 is 0 Å². The van der Waals surface area contributed by atoms with Crippen molar-refractivity contribution in [1.29, 1.82) is 0 Å². The predicted molar refractivity (Wildman–Crippen MR) is 521 cm³/mol. The standard InChI is InChI=1S/C57H91NO10.C57H92O11/c1-17-41-34(5)33(4)36(7)50(64-41)68-48-47(67-49-35(6)32(3)31(2)28-63-49)37(8)46(38(9)61)66-51(48)65-44-21-22-53(12)42(54(44,13)29-59)20-23-55(14)43(53)19-18-39-40-26-52(10,11)24-25-57(40,58-30-60)45(62-16)27-56(39,55)15;1-17-40-33(5)32(4)35(7)49(64-40)68-47-46(67-48-34(6)31(3)30(2)28-63-48)36(8)45(37(9)59)66-50(47)65-43-21-22-53(12)41(54(43,13)29-58)20-23-55(14)42(53)19-18-38-39-26-52(10,11)24-25-57(39,51(60)61)44(62-16)27-56(38,55)15/h18,29,31-37,40-51H,17,19-28H2,1-16H3;18,29-36,39-50H,17,19-28H2,1-16H3,(H,60,61)/t31-,32+,33+,34-,35?,36?,37-,40?,41?,42-,43?,44+,45?,46?,47+,48?,49+,50+,51-,53?,54-,55+,56-,57-;30-,31+,32+,33-,34?,35?,36-,39?,40?,41-,42?,43+,44?,45?,46+,47?,48+,49+,50-,53?,54-,55+,56-,57-/m11/s1. The normalized spacial score (nSPS) is 53.4. The summed E-state index contributed by atoms with van der Waals surface area (Å²) in [6.45, 7) is 67.8. The number of ether oxygens (including phenoxy) is 14. The lowest BCUT2D eigenvalue weighted by atomic mass is 9.33. The summed E-state index contributed by atoms with van der Waals surface area (Å²) in [4.78, 5) is 86.0. The van der Waals surface area contributed by atoms with Gasteiger partial charge in [0.1, 0.15) is 47.9 Å². The molecule has 22 heteroatoms. The molecule has 6 heterocycles. The van der Waals surface area contributed by atoms with Crippen LogP contribution in [0.2, 0.25) is 0 Å². The number of nitrogens with zero attached hydrogens (tertiary/aromatic N) is 1. The summed E-state index contributed by atoms with van der Waals surface area (Å²) in [6.07, 6.45) is 15.9. The second-order valence-electron chi connectivity index (χ2n) is 52.2. The monoisotopic (exact) mass is 1900 g/mol. The predicted octanol–water partition coefficient (Wildman–Crippen LogP) is 22.2. The van der Waals surface area contributed by atoms with E-state index in [1.54, 1.807) is 28.1 Å². The maximum absolute atomic E-state index is 14.1. The summed E-state index contributed by atoms with van der Waals surface area (Å²) in [7, 11) is 3.52. The number of carboxylic acid groups (broad SMARTS) is 1. The molecule has 0 aromatic carbocycles. The second-order valence-corrected chi connectivity index (χ2v) is 52.2. The van der Waals surface area contributed by atoms with Crippen molar-refractivity contribution in [2.75, 3.05) is 27.4 Å². The Bertz CT molecular complexity index is 4150. The number of Topliss-reactive ketones (excluding diaryl/α,β-unsaturated/α-hetero) is 2. The molecule has 770 valence electrons. The van der Waals surface area contributed by atoms with Crippen LogP contribution in [0.25, 0.3) is 0 Å². The van der Waals surface area contributed by atoms with Crippen LogP contribution in [-0.2, 0) is 95.1 Å². The molecule has 0 bridgehead atoms. The number of aliphatic carboxylic acids is 1. The van der Waals surface area contributed by atoms with Gasteiger partial charge in [0.2, 0.25) is 6.08 Å². The van der Waals surface area contributed by atoms with Crippen molar-refractivity contribution in [3.8, 4) is 0 Å². The maximum Gasteiger partial charge on any atom is 0.312 e. The van der Waals surface area contributed by atoms with Gasteiger partial charge in [0, 0.05) is 55.6 Å². The number of aldehydes is 2. The van der Waals surface area contributed by atoms with E-state index in [1.807, 2.05) is 19.9 Å². The van der Waals surface area contributed by atoms with Crippen molar-refractivity contribution in [1.82, 2.24) is 0 Å². The van der Waals surface area contributed by atoms with E-state index in [0.29, 0.717) is 92.2 Å². The van der Waals surface area contributed by atoms with Crippen LogP contribution in [0.1, 0.15) is 336 Å². The Kier molecular flexibility index (Phi) is 30.6. The molecule has 18 unspecified atom stereocenters. The largest absolute Gasteiger partial charge is 0.481 e. The third kappa shape index (κ3) is 17.2. The molecule has 8 saturated carbocycles. The quantitative estimate of drug-likeness (QED) is 0.0347. The van der Waals surface area contributed by atoms with Crippen LogP contribution >= 0.6 is 0 Å². The van der Waals surface area contributed by atoms with Gasteiger partial charge in [0.05, 0.1) is 72.9 Å². The number of fused-ring (bicyclic) bond motifs is 14. The van der Waals surface area contributed by atoms with Gasteiger partial charge in [0.25, 0.3) is 0 Å². The van der Waals surface area contributed by atoms with Crippen LogP contribution in [0.15, 0.2) is 28.3 Å².